The molecule has 0 bridgehead atoms. The van der Waals surface area contributed by atoms with Gasteiger partial charge in [0.25, 0.3) is 0 Å². The minimum absolute atomic E-state index is 0.0960. The highest BCUT2D eigenvalue weighted by Gasteiger charge is 2.33. The van der Waals surface area contributed by atoms with Crippen LogP contribution >= 0.6 is 0 Å². The number of aromatic nitrogens is 2. The van der Waals surface area contributed by atoms with Crippen LogP contribution in [0.4, 0.5) is 8.78 Å². The number of nitrogens with one attached hydrogen (secondary N) is 1. The van der Waals surface area contributed by atoms with E-state index in [1.165, 1.54) is 35.2 Å². The molecule has 1 aromatic carbocycles. The Balaban J connectivity index is 1.14. The molecule has 2 fully saturated rings. The topological polar surface area (TPSA) is 72.5 Å². The van der Waals surface area contributed by atoms with Crippen LogP contribution in [0.1, 0.15) is 42.7 Å². The second-order valence-electron chi connectivity index (χ2n) is 9.90. The molecule has 2 aliphatic heterocycles. The first-order chi connectivity index (χ1) is 17.5. The monoisotopic (exact) mass is 494 g/mol. The number of aromatic amines is 1. The van der Waals surface area contributed by atoms with Gasteiger partial charge in [-0.15, -0.1) is 0 Å². The van der Waals surface area contributed by atoms with Gasteiger partial charge >= 0.3 is 0 Å². The highest BCUT2D eigenvalue weighted by atomic mass is 19.1. The summed E-state index contributed by atoms with van der Waals surface area (Å²) in [4.78, 5) is 24.5. The summed E-state index contributed by atoms with van der Waals surface area (Å²) in [6, 6.07) is 7.40. The Hall–Kier alpha value is -3.10. The molecule has 0 saturated carbocycles. The average molecular weight is 495 g/mol. The lowest BCUT2D eigenvalue weighted by Gasteiger charge is -2.43. The van der Waals surface area contributed by atoms with Crippen molar-refractivity contribution in [1.82, 2.24) is 19.8 Å². The van der Waals surface area contributed by atoms with Crippen LogP contribution in [0, 0.1) is 17.6 Å². The second kappa shape index (κ2) is 10.9. The van der Waals surface area contributed by atoms with Crippen molar-refractivity contribution >= 4 is 23.0 Å². The molecule has 2 aromatic heterocycles. The number of hydrogen-bond acceptors (Lipinski definition) is 4. The van der Waals surface area contributed by atoms with E-state index in [9.17, 15) is 18.7 Å². The number of pyridine rings is 1. The minimum atomic E-state index is -0.666. The van der Waals surface area contributed by atoms with Gasteiger partial charge in [0.1, 0.15) is 17.3 Å². The summed E-state index contributed by atoms with van der Waals surface area (Å²) < 4.78 is 26.7. The molecule has 8 heteroatoms. The Morgan fingerprint density at radius 2 is 1.83 bits per heavy atom. The van der Waals surface area contributed by atoms with E-state index in [1.807, 2.05) is 6.07 Å². The highest BCUT2D eigenvalue weighted by Crippen LogP contribution is 2.35. The Kier molecular flexibility index (Phi) is 7.43. The fourth-order valence-corrected chi connectivity index (χ4v) is 5.87. The first kappa shape index (κ1) is 24.6. The Morgan fingerprint density at radius 3 is 2.53 bits per heavy atom. The largest absolute Gasteiger partial charge is 0.395 e. The third-order valence-electron chi connectivity index (χ3n) is 7.81. The van der Waals surface area contributed by atoms with Gasteiger partial charge in [-0.05, 0) is 92.1 Å². The maximum Gasteiger partial charge on any atom is 0.246 e. The lowest BCUT2D eigenvalue weighted by Crippen LogP contribution is -2.50. The molecular formula is C28H32F2N4O2. The summed E-state index contributed by atoms with van der Waals surface area (Å²) in [5.41, 5.74) is 2.59. The second-order valence-corrected chi connectivity index (χ2v) is 9.90. The predicted molar refractivity (Wildman–Crippen MR) is 135 cm³/mol. The summed E-state index contributed by atoms with van der Waals surface area (Å²) in [6.07, 6.45) is 10.5. The number of piperidine rings is 2. The summed E-state index contributed by atoms with van der Waals surface area (Å²) in [7, 11) is 0. The van der Waals surface area contributed by atoms with Crippen LogP contribution in [0.2, 0.25) is 0 Å². The van der Waals surface area contributed by atoms with Gasteiger partial charge in [-0.2, -0.15) is 0 Å². The number of carbonyl (C=O) groups excluding carboxylic acids is 1. The van der Waals surface area contributed by atoms with Gasteiger partial charge in [0.2, 0.25) is 5.91 Å². The molecule has 6 nitrogen and oxygen atoms in total. The maximum absolute atomic E-state index is 13.4. The number of rotatable bonds is 6. The van der Waals surface area contributed by atoms with Crippen LogP contribution in [-0.4, -0.2) is 69.6 Å². The molecule has 3 aromatic rings. The molecule has 0 spiro atoms. The minimum Gasteiger partial charge on any atom is -0.395 e. The summed E-state index contributed by atoms with van der Waals surface area (Å²) in [6.45, 7) is 3.22. The van der Waals surface area contributed by atoms with Gasteiger partial charge in [0, 0.05) is 49.1 Å². The van der Waals surface area contributed by atoms with Gasteiger partial charge in [0.15, 0.2) is 0 Å². The summed E-state index contributed by atoms with van der Waals surface area (Å²) >= 11 is 0. The number of benzene rings is 1. The van der Waals surface area contributed by atoms with E-state index < -0.39 is 11.6 Å². The van der Waals surface area contributed by atoms with E-state index in [0.29, 0.717) is 30.5 Å². The molecule has 4 heterocycles. The van der Waals surface area contributed by atoms with Crippen molar-refractivity contribution in [2.24, 2.45) is 5.92 Å². The molecule has 36 heavy (non-hydrogen) atoms. The van der Waals surface area contributed by atoms with Gasteiger partial charge in [-0.3, -0.25) is 9.69 Å². The van der Waals surface area contributed by atoms with E-state index in [4.69, 9.17) is 0 Å². The Bertz CT molecular complexity index is 1210. The molecule has 0 radical (unpaired) electrons. The van der Waals surface area contributed by atoms with E-state index in [-0.39, 0.29) is 18.6 Å². The molecule has 2 aliphatic rings. The van der Waals surface area contributed by atoms with E-state index in [0.717, 1.165) is 50.5 Å². The van der Waals surface area contributed by atoms with Gasteiger partial charge in [0.05, 0.1) is 6.61 Å². The van der Waals surface area contributed by atoms with Gasteiger partial charge < -0.3 is 15.0 Å². The van der Waals surface area contributed by atoms with Crippen molar-refractivity contribution in [3.05, 3.63) is 71.6 Å². The molecule has 1 amide bonds. The Labute approximate surface area is 209 Å². The first-order valence-electron chi connectivity index (χ1n) is 12.7. The smallest absolute Gasteiger partial charge is 0.246 e. The maximum atomic E-state index is 13.4. The number of H-pyrrole nitrogens is 1. The van der Waals surface area contributed by atoms with Crippen LogP contribution < -0.4 is 0 Å². The van der Waals surface area contributed by atoms with Crippen molar-refractivity contribution in [3.63, 3.8) is 0 Å². The zero-order valence-corrected chi connectivity index (χ0v) is 20.2. The predicted octanol–water partition coefficient (Wildman–Crippen LogP) is 4.33. The number of halogens is 2. The average Bonchev–Trinajstić information content (AvgIpc) is 3.32. The molecule has 2 saturated heterocycles. The van der Waals surface area contributed by atoms with Crippen LogP contribution in [-0.2, 0) is 4.79 Å². The van der Waals surface area contributed by atoms with Gasteiger partial charge in [-0.1, -0.05) is 0 Å². The SMILES string of the molecule is O=C(C=Cc1cc(F)cc(F)c1)N1CCC(C(CO)N2CCC(c3c[nH]c4ncccc34)CC2)CC1. The van der Waals surface area contributed by atoms with E-state index in [1.54, 1.807) is 11.1 Å². The van der Waals surface area contributed by atoms with Crippen molar-refractivity contribution in [3.8, 4) is 0 Å². The summed E-state index contributed by atoms with van der Waals surface area (Å²) in [5, 5.41) is 11.4. The number of carbonyl (C=O) groups is 1. The van der Waals surface area contributed by atoms with Crippen LogP contribution in [0.5, 0.6) is 0 Å². The third kappa shape index (κ3) is 5.34. The van der Waals surface area contributed by atoms with Crippen molar-refractivity contribution in [2.75, 3.05) is 32.8 Å². The molecular weight excluding hydrogens is 462 g/mol. The normalized spacial score (nSPS) is 19.4. The molecule has 190 valence electrons. The van der Waals surface area contributed by atoms with Crippen molar-refractivity contribution < 1.29 is 18.7 Å². The van der Waals surface area contributed by atoms with Crippen molar-refractivity contribution in [1.29, 1.82) is 0 Å². The number of amides is 1. The van der Waals surface area contributed by atoms with E-state index >= 15 is 0 Å². The zero-order chi connectivity index (χ0) is 25.1. The summed E-state index contributed by atoms with van der Waals surface area (Å²) in [5.74, 6) is -0.681. The quantitative estimate of drug-likeness (QED) is 0.501. The lowest BCUT2D eigenvalue weighted by molar-refractivity contribution is -0.127. The fraction of sp³-hybridized carbons (Fsp3) is 0.429. The van der Waals surface area contributed by atoms with Crippen LogP contribution in [0.25, 0.3) is 17.1 Å². The fourth-order valence-electron chi connectivity index (χ4n) is 5.87. The highest BCUT2D eigenvalue weighted by molar-refractivity contribution is 5.91. The number of likely N-dealkylation sites (tertiary alicyclic amines) is 2. The number of hydrogen-bond donors (Lipinski definition) is 2. The van der Waals surface area contributed by atoms with Crippen molar-refractivity contribution in [2.45, 2.75) is 37.6 Å². The first-order valence-corrected chi connectivity index (χ1v) is 12.7. The molecule has 2 N–H and O–H groups in total. The number of aliphatic hydroxyl groups excluding tert-OH is 1. The lowest BCUT2D eigenvalue weighted by atomic mass is 9.85. The van der Waals surface area contributed by atoms with Crippen LogP contribution in [0.15, 0.2) is 48.8 Å². The Morgan fingerprint density at radius 1 is 1.11 bits per heavy atom. The number of fused-ring (bicyclic) bond motifs is 1. The molecule has 1 atom stereocenters. The van der Waals surface area contributed by atoms with Crippen LogP contribution in [0.3, 0.4) is 0 Å². The van der Waals surface area contributed by atoms with E-state index in [2.05, 4.69) is 27.1 Å². The molecule has 1 unspecified atom stereocenters. The molecule has 0 aliphatic carbocycles. The number of aliphatic hydroxyl groups is 1. The van der Waals surface area contributed by atoms with Gasteiger partial charge in [-0.25, -0.2) is 13.8 Å². The third-order valence-corrected chi connectivity index (χ3v) is 7.81. The number of nitrogens with zero attached hydrogens (tertiary/aromatic N) is 3. The zero-order valence-electron chi connectivity index (χ0n) is 20.2. The molecule has 5 rings (SSSR count). The standard InChI is InChI=1S/C28H32F2N4O2/c29-22-14-19(15-23(30)16-22)3-4-27(36)34-12-7-21(8-13-34)26(18-35)33-10-5-20(6-11-33)25-17-32-28-24(25)2-1-9-31-28/h1-4,9,14-17,20-21,26,35H,5-8,10-13,18H2,(H,31,32).